The summed E-state index contributed by atoms with van der Waals surface area (Å²) in [4.78, 5) is 24.1. The van der Waals surface area contributed by atoms with Crippen LogP contribution in [0.2, 0.25) is 0 Å². The van der Waals surface area contributed by atoms with E-state index >= 15 is 0 Å². The van der Waals surface area contributed by atoms with Crippen LogP contribution < -0.4 is 0 Å². The van der Waals surface area contributed by atoms with E-state index in [1.165, 1.54) is 12.1 Å². The average molecular weight is 315 g/mol. The van der Waals surface area contributed by atoms with E-state index in [1.54, 1.807) is 12.1 Å². The molecule has 2 heterocycles. The highest BCUT2D eigenvalue weighted by atomic mass is 16.6. The van der Waals surface area contributed by atoms with Crippen LogP contribution >= 0.6 is 0 Å². The largest absolute Gasteiger partial charge is 0.363 e. The highest BCUT2D eigenvalue weighted by molar-refractivity contribution is 5.97. The van der Waals surface area contributed by atoms with Crippen molar-refractivity contribution in [3.63, 3.8) is 0 Å². The van der Waals surface area contributed by atoms with Crippen LogP contribution in [0.1, 0.15) is 25.7 Å². The van der Waals surface area contributed by atoms with E-state index in [0.717, 1.165) is 57.1 Å². The Labute approximate surface area is 135 Å². The third kappa shape index (κ3) is 3.67. The van der Waals surface area contributed by atoms with Crippen molar-refractivity contribution in [3.05, 3.63) is 34.4 Å². The van der Waals surface area contributed by atoms with Crippen LogP contribution in [-0.2, 0) is 0 Å². The molecule has 2 aliphatic heterocycles. The second kappa shape index (κ2) is 6.76. The fourth-order valence-corrected chi connectivity index (χ4v) is 2.90. The molecule has 0 saturated carbocycles. The van der Waals surface area contributed by atoms with E-state index in [-0.39, 0.29) is 5.69 Å². The van der Waals surface area contributed by atoms with E-state index < -0.39 is 4.92 Å². The van der Waals surface area contributed by atoms with Gasteiger partial charge in [-0.15, -0.1) is 0 Å². The summed E-state index contributed by atoms with van der Waals surface area (Å²) in [6.07, 6.45) is 4.41. The minimum atomic E-state index is -0.400. The van der Waals surface area contributed by atoms with E-state index in [1.807, 2.05) is 0 Å². The fourth-order valence-electron chi connectivity index (χ4n) is 2.90. The molecule has 0 N–H and O–H groups in total. The van der Waals surface area contributed by atoms with Gasteiger partial charge in [0, 0.05) is 45.2 Å². The molecule has 3 rings (SSSR count). The van der Waals surface area contributed by atoms with Crippen LogP contribution in [0.4, 0.5) is 11.4 Å². The summed E-state index contributed by atoms with van der Waals surface area (Å²) >= 11 is 0. The number of aliphatic imine (C=N–C) groups is 2. The van der Waals surface area contributed by atoms with E-state index in [4.69, 9.17) is 4.99 Å². The van der Waals surface area contributed by atoms with Gasteiger partial charge in [0.25, 0.3) is 5.69 Å². The van der Waals surface area contributed by atoms with Gasteiger partial charge >= 0.3 is 0 Å². The second-order valence-corrected chi connectivity index (χ2v) is 5.93. The Balaban J connectivity index is 1.89. The molecule has 0 bridgehead atoms. The smallest absolute Gasteiger partial charge is 0.269 e. The van der Waals surface area contributed by atoms with Crippen molar-refractivity contribution in [2.24, 2.45) is 9.98 Å². The Bertz CT molecular complexity index is 632. The van der Waals surface area contributed by atoms with Crippen LogP contribution in [0.5, 0.6) is 0 Å². The van der Waals surface area contributed by atoms with Gasteiger partial charge in [-0.3, -0.25) is 10.1 Å². The van der Waals surface area contributed by atoms with Gasteiger partial charge < -0.3 is 9.80 Å². The van der Waals surface area contributed by atoms with E-state index in [2.05, 4.69) is 21.8 Å². The summed E-state index contributed by atoms with van der Waals surface area (Å²) in [5, 5.41) is 10.7. The molecule has 0 radical (unpaired) electrons. The molecular formula is C16H21N5O2. The molecule has 0 unspecified atom stereocenters. The first-order valence-corrected chi connectivity index (χ1v) is 8.00. The maximum atomic E-state index is 10.7. The number of benzene rings is 1. The number of amidine groups is 1. The molecule has 1 aromatic rings. The van der Waals surface area contributed by atoms with E-state index in [9.17, 15) is 10.1 Å². The number of nitro benzene ring substituents is 1. The molecule has 2 saturated heterocycles. The summed E-state index contributed by atoms with van der Waals surface area (Å²) in [6, 6.07) is 6.31. The molecule has 7 nitrogen and oxygen atoms in total. The predicted octanol–water partition coefficient (Wildman–Crippen LogP) is 2.80. The fraction of sp³-hybridized carbons (Fsp3) is 0.500. The zero-order chi connectivity index (χ0) is 16.2. The minimum Gasteiger partial charge on any atom is -0.363 e. The van der Waals surface area contributed by atoms with Crippen LogP contribution in [0.25, 0.3) is 0 Å². The van der Waals surface area contributed by atoms with Crippen molar-refractivity contribution >= 4 is 23.2 Å². The Kier molecular flexibility index (Phi) is 4.55. The van der Waals surface area contributed by atoms with Gasteiger partial charge in [0.1, 0.15) is 5.84 Å². The summed E-state index contributed by atoms with van der Waals surface area (Å²) < 4.78 is 0. The molecule has 0 aliphatic carbocycles. The number of nitro groups is 1. The quantitative estimate of drug-likeness (QED) is 0.364. The lowest BCUT2D eigenvalue weighted by molar-refractivity contribution is -0.384. The first kappa shape index (κ1) is 15.5. The number of rotatable bonds is 2. The molecule has 0 aromatic heterocycles. The maximum absolute atomic E-state index is 10.7. The van der Waals surface area contributed by atoms with Gasteiger partial charge in [-0.05, 0) is 31.4 Å². The number of non-ortho nitro benzene ring substituents is 1. The van der Waals surface area contributed by atoms with Crippen molar-refractivity contribution in [2.45, 2.75) is 25.7 Å². The highest BCUT2D eigenvalue weighted by Crippen LogP contribution is 2.21. The zero-order valence-corrected chi connectivity index (χ0v) is 13.3. The Hall–Kier alpha value is -2.44. The van der Waals surface area contributed by atoms with Crippen molar-refractivity contribution in [2.75, 3.05) is 26.7 Å². The molecule has 0 atom stereocenters. The lowest BCUT2D eigenvalue weighted by Gasteiger charge is -2.19. The van der Waals surface area contributed by atoms with Gasteiger partial charge in [-0.2, -0.15) is 4.99 Å². The Morgan fingerprint density at radius 3 is 2.39 bits per heavy atom. The van der Waals surface area contributed by atoms with Gasteiger partial charge in [0.15, 0.2) is 0 Å². The van der Waals surface area contributed by atoms with Crippen molar-refractivity contribution in [1.82, 2.24) is 9.80 Å². The summed E-state index contributed by atoms with van der Waals surface area (Å²) in [6.45, 7) is 2.96. The molecule has 0 amide bonds. The highest BCUT2D eigenvalue weighted by Gasteiger charge is 2.20. The molecule has 2 fully saturated rings. The Morgan fingerprint density at radius 2 is 1.83 bits per heavy atom. The SMILES string of the molecule is CN1CCCC1=NC(=Nc1ccc([N+](=O)[O-])cc1)N1CCCC1. The molecule has 7 heteroatoms. The summed E-state index contributed by atoms with van der Waals surface area (Å²) in [5.74, 6) is 1.79. The molecule has 2 aliphatic rings. The predicted molar refractivity (Wildman–Crippen MR) is 90.3 cm³/mol. The first-order chi connectivity index (χ1) is 11.1. The van der Waals surface area contributed by atoms with Crippen LogP contribution in [0.15, 0.2) is 34.3 Å². The second-order valence-electron chi connectivity index (χ2n) is 5.93. The standard InChI is InChI=1S/C16H21N5O2/c1-19-10-4-5-15(19)18-16(20-11-2-3-12-20)17-13-6-8-14(9-7-13)21(22)23/h6-9H,2-5,10-12H2,1H3. The lowest BCUT2D eigenvalue weighted by Crippen LogP contribution is -2.29. The van der Waals surface area contributed by atoms with Gasteiger partial charge in [0.2, 0.25) is 5.96 Å². The number of nitrogens with zero attached hydrogens (tertiary/aromatic N) is 5. The number of likely N-dealkylation sites (tertiary alicyclic amines) is 2. The van der Waals surface area contributed by atoms with Gasteiger partial charge in [0.05, 0.1) is 10.6 Å². The normalized spacial score (nSPS) is 20.6. The topological polar surface area (TPSA) is 74.3 Å². The summed E-state index contributed by atoms with van der Waals surface area (Å²) in [5.41, 5.74) is 0.774. The number of guanidine groups is 1. The Morgan fingerprint density at radius 1 is 1.13 bits per heavy atom. The van der Waals surface area contributed by atoms with Gasteiger partial charge in [-0.25, -0.2) is 4.99 Å². The third-order valence-corrected chi connectivity index (χ3v) is 4.24. The number of hydrogen-bond donors (Lipinski definition) is 0. The van der Waals surface area contributed by atoms with Crippen LogP contribution in [0, 0.1) is 10.1 Å². The molecular weight excluding hydrogens is 294 g/mol. The van der Waals surface area contributed by atoms with Crippen molar-refractivity contribution < 1.29 is 4.92 Å². The van der Waals surface area contributed by atoms with Gasteiger partial charge in [-0.1, -0.05) is 0 Å². The number of hydrogen-bond acceptors (Lipinski definition) is 3. The molecule has 122 valence electrons. The minimum absolute atomic E-state index is 0.0773. The maximum Gasteiger partial charge on any atom is 0.269 e. The average Bonchev–Trinajstić information content (AvgIpc) is 3.19. The van der Waals surface area contributed by atoms with Crippen LogP contribution in [-0.4, -0.2) is 53.2 Å². The molecule has 1 aromatic carbocycles. The molecule has 0 spiro atoms. The third-order valence-electron chi connectivity index (χ3n) is 4.24. The van der Waals surface area contributed by atoms with Crippen molar-refractivity contribution in [3.8, 4) is 0 Å². The van der Waals surface area contributed by atoms with Crippen molar-refractivity contribution in [1.29, 1.82) is 0 Å². The first-order valence-electron chi connectivity index (χ1n) is 8.00. The lowest BCUT2D eigenvalue weighted by atomic mass is 10.3. The van der Waals surface area contributed by atoms with Crippen LogP contribution in [0.3, 0.4) is 0 Å². The molecule has 23 heavy (non-hydrogen) atoms. The van der Waals surface area contributed by atoms with E-state index in [0.29, 0.717) is 5.69 Å². The monoisotopic (exact) mass is 315 g/mol. The zero-order valence-electron chi connectivity index (χ0n) is 13.3. The summed E-state index contributed by atoms with van der Waals surface area (Å²) in [7, 11) is 2.05.